The largest absolute Gasteiger partial charge is 0.493 e. The Balaban J connectivity index is 1.63. The van der Waals surface area contributed by atoms with Crippen molar-refractivity contribution in [2.75, 3.05) is 21.3 Å². The zero-order valence-electron chi connectivity index (χ0n) is 19.1. The summed E-state index contributed by atoms with van der Waals surface area (Å²) in [5.41, 5.74) is 5.06. The number of hydrogen-bond acceptors (Lipinski definition) is 5. The Morgan fingerprint density at radius 1 is 0.812 bits per heavy atom. The molecule has 0 saturated carbocycles. The van der Waals surface area contributed by atoms with E-state index < -0.39 is 0 Å². The first-order chi connectivity index (χ1) is 15.5. The van der Waals surface area contributed by atoms with Crippen LogP contribution in [0.15, 0.2) is 65.3 Å². The minimum absolute atomic E-state index is 0.501. The van der Waals surface area contributed by atoms with E-state index in [4.69, 9.17) is 23.4 Å². The second kappa shape index (κ2) is 9.27. The molecular formula is C27H28O5. The van der Waals surface area contributed by atoms with Crippen LogP contribution in [0.1, 0.15) is 30.9 Å². The van der Waals surface area contributed by atoms with Crippen molar-refractivity contribution < 1.29 is 23.4 Å². The Morgan fingerprint density at radius 2 is 1.50 bits per heavy atom. The van der Waals surface area contributed by atoms with Gasteiger partial charge in [-0.3, -0.25) is 0 Å². The topological polar surface area (TPSA) is 50.1 Å². The summed E-state index contributed by atoms with van der Waals surface area (Å²) < 4.78 is 28.3. The lowest BCUT2D eigenvalue weighted by atomic mass is 10.0. The van der Waals surface area contributed by atoms with E-state index >= 15 is 0 Å². The van der Waals surface area contributed by atoms with Gasteiger partial charge in [-0.25, -0.2) is 0 Å². The molecule has 0 aliphatic heterocycles. The second-order valence-corrected chi connectivity index (χ2v) is 7.91. The Labute approximate surface area is 188 Å². The molecule has 0 N–H and O–H groups in total. The summed E-state index contributed by atoms with van der Waals surface area (Å²) in [6, 6.07) is 18.2. The van der Waals surface area contributed by atoms with Crippen LogP contribution < -0.4 is 18.9 Å². The van der Waals surface area contributed by atoms with Gasteiger partial charge in [0.2, 0.25) is 5.75 Å². The number of benzene rings is 3. The van der Waals surface area contributed by atoms with Gasteiger partial charge in [0.05, 0.1) is 27.6 Å². The third-order valence-corrected chi connectivity index (χ3v) is 5.57. The van der Waals surface area contributed by atoms with Gasteiger partial charge in [-0.05, 0) is 52.9 Å². The van der Waals surface area contributed by atoms with E-state index in [1.165, 1.54) is 5.56 Å². The van der Waals surface area contributed by atoms with Crippen molar-refractivity contribution in [3.63, 3.8) is 0 Å². The summed E-state index contributed by atoms with van der Waals surface area (Å²) in [5, 5.41) is 0.951. The van der Waals surface area contributed by atoms with Crippen LogP contribution in [0, 0.1) is 0 Å². The quantitative estimate of drug-likeness (QED) is 0.305. The van der Waals surface area contributed by atoms with Gasteiger partial charge in [0.25, 0.3) is 0 Å². The molecule has 0 atom stereocenters. The van der Waals surface area contributed by atoms with Gasteiger partial charge in [0.15, 0.2) is 11.5 Å². The van der Waals surface area contributed by atoms with Crippen molar-refractivity contribution >= 4 is 11.0 Å². The number of fused-ring (bicyclic) bond motifs is 1. The van der Waals surface area contributed by atoms with Gasteiger partial charge in [-0.1, -0.05) is 38.1 Å². The average Bonchev–Trinajstić information content (AvgIpc) is 3.25. The fraction of sp³-hybridized carbons (Fsp3) is 0.259. The normalized spacial score (nSPS) is 11.1. The molecule has 0 aliphatic rings. The molecule has 4 rings (SSSR count). The molecule has 1 heterocycles. The molecule has 4 aromatic rings. The molecule has 0 spiro atoms. The molecule has 1 aromatic heterocycles. The van der Waals surface area contributed by atoms with Crippen molar-refractivity contribution in [3.05, 3.63) is 72.0 Å². The van der Waals surface area contributed by atoms with E-state index in [0.29, 0.717) is 29.8 Å². The van der Waals surface area contributed by atoms with E-state index in [0.717, 1.165) is 33.4 Å². The number of rotatable bonds is 8. The third-order valence-electron chi connectivity index (χ3n) is 5.57. The molecule has 5 nitrogen and oxygen atoms in total. The second-order valence-electron chi connectivity index (χ2n) is 7.91. The highest BCUT2D eigenvalue weighted by Gasteiger charge is 2.17. The van der Waals surface area contributed by atoms with Crippen LogP contribution >= 0.6 is 0 Å². The maximum atomic E-state index is 6.08. The number of furan rings is 1. The van der Waals surface area contributed by atoms with E-state index in [2.05, 4.69) is 38.1 Å². The minimum atomic E-state index is 0.501. The predicted octanol–water partition coefficient (Wildman–Crippen LogP) is 6.83. The molecule has 0 radical (unpaired) electrons. The van der Waals surface area contributed by atoms with Gasteiger partial charge in [-0.2, -0.15) is 0 Å². The Bertz CT molecular complexity index is 1180. The Hall–Kier alpha value is -3.60. The smallest absolute Gasteiger partial charge is 0.203 e. The number of methoxy groups -OCH3 is 3. The molecule has 166 valence electrons. The first-order valence-corrected chi connectivity index (χ1v) is 10.6. The van der Waals surface area contributed by atoms with E-state index in [9.17, 15) is 0 Å². The van der Waals surface area contributed by atoms with Crippen LogP contribution in [0.2, 0.25) is 0 Å². The van der Waals surface area contributed by atoms with Gasteiger partial charge < -0.3 is 23.4 Å². The van der Waals surface area contributed by atoms with E-state index in [1.54, 1.807) is 27.6 Å². The summed E-state index contributed by atoms with van der Waals surface area (Å²) in [4.78, 5) is 0. The lowest BCUT2D eigenvalue weighted by Gasteiger charge is -2.14. The molecule has 0 saturated heterocycles. The van der Waals surface area contributed by atoms with E-state index in [1.807, 2.05) is 30.3 Å². The van der Waals surface area contributed by atoms with Crippen molar-refractivity contribution in [2.45, 2.75) is 26.4 Å². The molecule has 0 bridgehead atoms. The van der Waals surface area contributed by atoms with E-state index in [-0.39, 0.29) is 0 Å². The summed E-state index contributed by atoms with van der Waals surface area (Å²) >= 11 is 0. The van der Waals surface area contributed by atoms with Crippen LogP contribution in [0.5, 0.6) is 23.0 Å². The molecule has 3 aromatic carbocycles. The average molecular weight is 433 g/mol. The maximum Gasteiger partial charge on any atom is 0.203 e. The fourth-order valence-electron chi connectivity index (χ4n) is 3.72. The highest BCUT2D eigenvalue weighted by atomic mass is 16.5. The highest BCUT2D eigenvalue weighted by molar-refractivity contribution is 5.95. The molecule has 0 fully saturated rings. The summed E-state index contributed by atoms with van der Waals surface area (Å²) in [7, 11) is 4.80. The third kappa shape index (κ3) is 4.24. The minimum Gasteiger partial charge on any atom is -0.493 e. The molecule has 0 aliphatic carbocycles. The summed E-state index contributed by atoms with van der Waals surface area (Å²) in [6.07, 6.45) is 1.74. The fourth-order valence-corrected chi connectivity index (χ4v) is 3.72. The molecular weight excluding hydrogens is 404 g/mol. The van der Waals surface area contributed by atoms with Crippen LogP contribution in [-0.4, -0.2) is 21.3 Å². The van der Waals surface area contributed by atoms with Gasteiger partial charge in [-0.15, -0.1) is 0 Å². The van der Waals surface area contributed by atoms with Crippen LogP contribution in [0.25, 0.3) is 22.1 Å². The number of ether oxygens (including phenoxy) is 4. The molecule has 0 amide bonds. The molecule has 32 heavy (non-hydrogen) atoms. The lowest BCUT2D eigenvalue weighted by Crippen LogP contribution is -1.96. The zero-order valence-corrected chi connectivity index (χ0v) is 19.1. The number of hydrogen-bond donors (Lipinski definition) is 0. The van der Waals surface area contributed by atoms with Crippen molar-refractivity contribution in [2.24, 2.45) is 0 Å². The van der Waals surface area contributed by atoms with Crippen LogP contribution in [0.4, 0.5) is 0 Å². The van der Waals surface area contributed by atoms with Gasteiger partial charge >= 0.3 is 0 Å². The van der Waals surface area contributed by atoms with Gasteiger partial charge in [0, 0.05) is 10.9 Å². The monoisotopic (exact) mass is 432 g/mol. The van der Waals surface area contributed by atoms with Crippen molar-refractivity contribution in [1.29, 1.82) is 0 Å². The maximum absolute atomic E-state index is 6.08. The first kappa shape index (κ1) is 21.6. The van der Waals surface area contributed by atoms with Gasteiger partial charge in [0.1, 0.15) is 17.9 Å². The first-order valence-electron chi connectivity index (χ1n) is 10.6. The predicted molar refractivity (Wildman–Crippen MR) is 126 cm³/mol. The standard InChI is InChI=1S/C27H28O5/c1-17(2)19-8-6-18(7-9-19)15-31-21-10-11-24-22(14-21)23(16-32-24)20-12-25(28-3)27(30-5)26(13-20)29-4/h6-14,16-17H,15H2,1-5H3. The molecule has 5 heteroatoms. The van der Waals surface area contributed by atoms with Crippen molar-refractivity contribution in [1.82, 2.24) is 0 Å². The Kier molecular flexibility index (Phi) is 6.26. The molecule has 0 unspecified atom stereocenters. The SMILES string of the molecule is COc1cc(-c2coc3ccc(OCc4ccc(C(C)C)cc4)cc23)cc(OC)c1OC. The van der Waals surface area contributed by atoms with Crippen LogP contribution in [0.3, 0.4) is 0 Å². The van der Waals surface area contributed by atoms with Crippen LogP contribution in [-0.2, 0) is 6.61 Å². The lowest BCUT2D eigenvalue weighted by molar-refractivity contribution is 0.306. The Morgan fingerprint density at radius 3 is 2.09 bits per heavy atom. The summed E-state index contributed by atoms with van der Waals surface area (Å²) in [5.74, 6) is 3.03. The zero-order chi connectivity index (χ0) is 22.7. The highest BCUT2D eigenvalue weighted by Crippen LogP contribution is 2.43. The summed E-state index contributed by atoms with van der Waals surface area (Å²) in [6.45, 7) is 4.88. The van der Waals surface area contributed by atoms with Crippen molar-refractivity contribution in [3.8, 4) is 34.1 Å².